The van der Waals surface area contributed by atoms with Gasteiger partial charge in [-0.15, -0.1) is 24.0 Å². The molecule has 1 N–H and O–H groups in total. The van der Waals surface area contributed by atoms with Crippen LogP contribution in [0, 0.1) is 0 Å². The van der Waals surface area contributed by atoms with Crippen molar-refractivity contribution >= 4 is 29.9 Å². The van der Waals surface area contributed by atoms with E-state index in [0.717, 1.165) is 63.8 Å². The highest BCUT2D eigenvalue weighted by atomic mass is 127. The van der Waals surface area contributed by atoms with Crippen LogP contribution < -0.4 is 10.1 Å². The molecule has 6 nitrogen and oxygen atoms in total. The van der Waals surface area contributed by atoms with Crippen LogP contribution in [-0.2, 0) is 16.0 Å². The van der Waals surface area contributed by atoms with Gasteiger partial charge in [0.25, 0.3) is 0 Å². The standard InChI is InChI=1S/C20H31N3O3.HI/c1-3-10-24-17-7-4-6-16(13-17)14-22-20(21-2)23-9-12-26-19(15-23)18-8-5-11-25-18;/h4,6-7,13,18-19H,3,5,8-12,14-15H2,1-2H3,(H,21,22);1H. The van der Waals surface area contributed by atoms with Crippen molar-refractivity contribution in [3.8, 4) is 5.75 Å². The van der Waals surface area contributed by atoms with Crippen molar-refractivity contribution in [2.75, 3.05) is 40.0 Å². The summed E-state index contributed by atoms with van der Waals surface area (Å²) in [7, 11) is 1.83. The minimum absolute atomic E-state index is 0. The summed E-state index contributed by atoms with van der Waals surface area (Å²) >= 11 is 0. The maximum absolute atomic E-state index is 5.94. The maximum atomic E-state index is 5.94. The SMILES string of the molecule is CCCOc1cccc(CNC(=NC)N2CCOC(C3CCCO3)C2)c1.I. The molecule has 0 saturated carbocycles. The minimum Gasteiger partial charge on any atom is -0.494 e. The number of rotatable bonds is 6. The second-order valence-electron chi connectivity index (χ2n) is 6.80. The Hall–Kier alpha value is -1.06. The van der Waals surface area contributed by atoms with Crippen LogP contribution in [0.2, 0.25) is 0 Å². The Morgan fingerprint density at radius 1 is 1.30 bits per heavy atom. The van der Waals surface area contributed by atoms with E-state index in [4.69, 9.17) is 14.2 Å². The zero-order valence-electron chi connectivity index (χ0n) is 16.4. The second-order valence-corrected chi connectivity index (χ2v) is 6.80. The van der Waals surface area contributed by atoms with Gasteiger partial charge in [0.2, 0.25) is 0 Å². The van der Waals surface area contributed by atoms with E-state index in [1.165, 1.54) is 5.56 Å². The lowest BCUT2D eigenvalue weighted by atomic mass is 10.1. The molecule has 0 amide bonds. The number of nitrogens with zero attached hydrogens (tertiary/aromatic N) is 2. The van der Waals surface area contributed by atoms with Gasteiger partial charge in [0.1, 0.15) is 11.9 Å². The molecule has 2 saturated heterocycles. The molecule has 3 rings (SSSR count). The third-order valence-electron chi connectivity index (χ3n) is 4.81. The molecule has 2 heterocycles. The Morgan fingerprint density at radius 3 is 2.89 bits per heavy atom. The van der Waals surface area contributed by atoms with Crippen LogP contribution in [0.3, 0.4) is 0 Å². The predicted octanol–water partition coefficient (Wildman–Crippen LogP) is 3.05. The number of hydrogen-bond acceptors (Lipinski definition) is 4. The molecule has 1 aromatic carbocycles. The molecule has 2 aliphatic rings. The van der Waals surface area contributed by atoms with E-state index in [-0.39, 0.29) is 36.2 Å². The van der Waals surface area contributed by atoms with Gasteiger partial charge in [0.05, 0.1) is 19.3 Å². The maximum Gasteiger partial charge on any atom is 0.194 e. The van der Waals surface area contributed by atoms with Gasteiger partial charge in [-0.25, -0.2) is 0 Å². The lowest BCUT2D eigenvalue weighted by Crippen LogP contribution is -2.53. The van der Waals surface area contributed by atoms with Gasteiger partial charge in [-0.3, -0.25) is 4.99 Å². The number of guanidine groups is 1. The largest absolute Gasteiger partial charge is 0.494 e. The molecule has 0 radical (unpaired) electrons. The quantitative estimate of drug-likeness (QED) is 0.378. The molecule has 7 heteroatoms. The first-order valence-electron chi connectivity index (χ1n) is 9.70. The Bertz CT molecular complexity index is 594. The summed E-state index contributed by atoms with van der Waals surface area (Å²) in [5.74, 6) is 1.84. The highest BCUT2D eigenvalue weighted by Crippen LogP contribution is 2.21. The van der Waals surface area contributed by atoms with E-state index in [1.807, 2.05) is 19.2 Å². The van der Waals surface area contributed by atoms with Crippen molar-refractivity contribution in [1.29, 1.82) is 0 Å². The van der Waals surface area contributed by atoms with Gasteiger partial charge in [-0.1, -0.05) is 19.1 Å². The van der Waals surface area contributed by atoms with Crippen molar-refractivity contribution < 1.29 is 14.2 Å². The number of halogens is 1. The summed E-state index contributed by atoms with van der Waals surface area (Å²) in [5.41, 5.74) is 1.18. The van der Waals surface area contributed by atoms with Gasteiger partial charge in [-0.05, 0) is 37.0 Å². The van der Waals surface area contributed by atoms with Crippen LogP contribution in [0.25, 0.3) is 0 Å². The van der Waals surface area contributed by atoms with E-state index in [1.54, 1.807) is 0 Å². The summed E-state index contributed by atoms with van der Waals surface area (Å²) in [6.45, 7) is 6.82. The average molecular weight is 489 g/mol. The highest BCUT2D eigenvalue weighted by molar-refractivity contribution is 14.0. The molecule has 2 unspecified atom stereocenters. The van der Waals surface area contributed by atoms with Crippen LogP contribution >= 0.6 is 24.0 Å². The third-order valence-corrected chi connectivity index (χ3v) is 4.81. The smallest absolute Gasteiger partial charge is 0.194 e. The lowest BCUT2D eigenvalue weighted by Gasteiger charge is -2.37. The van der Waals surface area contributed by atoms with E-state index in [2.05, 4.69) is 34.3 Å². The summed E-state index contributed by atoms with van der Waals surface area (Å²) in [6.07, 6.45) is 3.60. The van der Waals surface area contributed by atoms with Crippen molar-refractivity contribution in [2.24, 2.45) is 4.99 Å². The topological polar surface area (TPSA) is 55.3 Å². The van der Waals surface area contributed by atoms with Gasteiger partial charge in [-0.2, -0.15) is 0 Å². The fourth-order valence-electron chi connectivity index (χ4n) is 3.47. The Labute approximate surface area is 179 Å². The zero-order chi connectivity index (χ0) is 18.2. The minimum atomic E-state index is 0. The molecule has 1 aromatic rings. The van der Waals surface area contributed by atoms with Crippen LogP contribution in [0.5, 0.6) is 5.75 Å². The van der Waals surface area contributed by atoms with Crippen LogP contribution in [-0.4, -0.2) is 63.0 Å². The van der Waals surface area contributed by atoms with E-state index in [0.29, 0.717) is 6.61 Å². The predicted molar refractivity (Wildman–Crippen MR) is 118 cm³/mol. The number of aliphatic imine (C=N–C) groups is 1. The molecular formula is C20H32IN3O3. The van der Waals surface area contributed by atoms with Gasteiger partial charge in [0, 0.05) is 33.3 Å². The first-order valence-corrected chi connectivity index (χ1v) is 9.70. The second kappa shape index (κ2) is 11.7. The molecule has 152 valence electrons. The Balaban J connectivity index is 0.00000261. The molecule has 0 aromatic heterocycles. The van der Waals surface area contributed by atoms with E-state index >= 15 is 0 Å². The van der Waals surface area contributed by atoms with Gasteiger partial charge < -0.3 is 24.4 Å². The van der Waals surface area contributed by atoms with Crippen molar-refractivity contribution in [2.45, 2.75) is 44.9 Å². The van der Waals surface area contributed by atoms with E-state index < -0.39 is 0 Å². The normalized spacial score (nSPS) is 23.0. The summed E-state index contributed by atoms with van der Waals surface area (Å²) in [5, 5.41) is 3.47. The fraction of sp³-hybridized carbons (Fsp3) is 0.650. The van der Waals surface area contributed by atoms with Gasteiger partial charge in [0.15, 0.2) is 5.96 Å². The van der Waals surface area contributed by atoms with E-state index in [9.17, 15) is 0 Å². The molecule has 2 fully saturated rings. The first kappa shape index (κ1) is 22.2. The summed E-state index contributed by atoms with van der Waals surface area (Å²) < 4.78 is 17.5. The monoisotopic (exact) mass is 489 g/mol. The van der Waals surface area contributed by atoms with Crippen LogP contribution in [0.1, 0.15) is 31.7 Å². The summed E-state index contributed by atoms with van der Waals surface area (Å²) in [6, 6.07) is 8.23. The molecular weight excluding hydrogens is 457 g/mol. The summed E-state index contributed by atoms with van der Waals surface area (Å²) in [4.78, 5) is 6.73. The molecule has 2 atom stereocenters. The fourth-order valence-corrected chi connectivity index (χ4v) is 3.47. The lowest BCUT2D eigenvalue weighted by molar-refractivity contribution is -0.0817. The number of morpholine rings is 1. The Morgan fingerprint density at radius 2 is 2.15 bits per heavy atom. The average Bonchev–Trinajstić information content (AvgIpc) is 3.22. The number of benzene rings is 1. The zero-order valence-corrected chi connectivity index (χ0v) is 18.7. The number of nitrogens with one attached hydrogen (secondary N) is 1. The molecule has 0 spiro atoms. The van der Waals surface area contributed by atoms with Gasteiger partial charge >= 0.3 is 0 Å². The first-order chi connectivity index (χ1) is 12.8. The third kappa shape index (κ3) is 6.50. The number of ether oxygens (including phenoxy) is 3. The number of hydrogen-bond donors (Lipinski definition) is 1. The van der Waals surface area contributed by atoms with Crippen LogP contribution in [0.4, 0.5) is 0 Å². The van der Waals surface area contributed by atoms with Crippen molar-refractivity contribution in [1.82, 2.24) is 10.2 Å². The van der Waals surface area contributed by atoms with Crippen LogP contribution in [0.15, 0.2) is 29.3 Å². The Kier molecular flexibility index (Phi) is 9.64. The highest BCUT2D eigenvalue weighted by Gasteiger charge is 2.32. The molecule has 27 heavy (non-hydrogen) atoms. The van der Waals surface area contributed by atoms with Crippen molar-refractivity contribution in [3.05, 3.63) is 29.8 Å². The molecule has 0 bridgehead atoms. The van der Waals surface area contributed by atoms with Crippen molar-refractivity contribution in [3.63, 3.8) is 0 Å². The molecule has 2 aliphatic heterocycles. The molecule has 0 aliphatic carbocycles.